The van der Waals surface area contributed by atoms with E-state index in [4.69, 9.17) is 17.3 Å². The first-order valence-electron chi connectivity index (χ1n) is 5.70. The van der Waals surface area contributed by atoms with Crippen LogP contribution in [0.3, 0.4) is 0 Å². The highest BCUT2D eigenvalue weighted by Crippen LogP contribution is 2.37. The lowest BCUT2D eigenvalue weighted by Crippen LogP contribution is -2.06. The smallest absolute Gasteiger partial charge is 0.417 e. The fourth-order valence-electron chi connectivity index (χ4n) is 1.57. The van der Waals surface area contributed by atoms with Gasteiger partial charge in [-0.15, -0.1) is 0 Å². The molecule has 0 aliphatic carbocycles. The number of hydrogen-bond donors (Lipinski definition) is 2. The summed E-state index contributed by atoms with van der Waals surface area (Å²) in [7, 11) is 1.18. The van der Waals surface area contributed by atoms with Gasteiger partial charge in [-0.1, -0.05) is 22.9 Å². The highest BCUT2D eigenvalue weighted by Gasteiger charge is 2.33. The van der Waals surface area contributed by atoms with Crippen LogP contribution in [0.5, 0.6) is 0 Å². The van der Waals surface area contributed by atoms with Crippen molar-refractivity contribution in [2.24, 2.45) is 0 Å². The molecule has 0 amide bonds. The van der Waals surface area contributed by atoms with Crippen LogP contribution in [0.2, 0.25) is 5.02 Å². The topological polar surface area (TPSA) is 77.2 Å². The van der Waals surface area contributed by atoms with Crippen molar-refractivity contribution < 1.29 is 22.7 Å². The number of aromatic nitrogens is 1. The molecule has 0 spiro atoms. The molecule has 2 aromatic rings. The minimum Gasteiger partial charge on any atom is -0.465 e. The molecule has 10 heteroatoms. The monoisotopic (exact) mass is 351 g/mol. The fraction of sp³-hybridized carbons (Fsp3) is 0.167. The minimum atomic E-state index is -4.58. The normalized spacial score (nSPS) is 11.3. The van der Waals surface area contributed by atoms with Crippen molar-refractivity contribution in [2.45, 2.75) is 6.18 Å². The Kier molecular flexibility index (Phi) is 4.47. The van der Waals surface area contributed by atoms with Crippen LogP contribution in [-0.4, -0.2) is 18.1 Å². The van der Waals surface area contributed by atoms with Crippen LogP contribution >= 0.6 is 22.9 Å². The van der Waals surface area contributed by atoms with Crippen LogP contribution < -0.4 is 11.1 Å². The summed E-state index contributed by atoms with van der Waals surface area (Å²) >= 11 is 6.40. The van der Waals surface area contributed by atoms with Gasteiger partial charge in [-0.05, 0) is 18.2 Å². The van der Waals surface area contributed by atoms with Crippen molar-refractivity contribution in [3.05, 3.63) is 33.7 Å². The summed E-state index contributed by atoms with van der Waals surface area (Å²) in [5, 5.41) is 2.40. The van der Waals surface area contributed by atoms with Crippen LogP contribution in [0.25, 0.3) is 0 Å². The second-order valence-corrected chi connectivity index (χ2v) is 5.45. The van der Waals surface area contributed by atoms with E-state index >= 15 is 0 Å². The third-order valence-electron chi connectivity index (χ3n) is 2.55. The second-order valence-electron chi connectivity index (χ2n) is 4.04. The number of nitrogens with zero attached hydrogens (tertiary/aromatic N) is 1. The standard InChI is InChI=1S/C12H9ClF3N3O2S/c1-21-10(20)8-9(17)19-11(22-8)18-5-2-3-7(13)6(4-5)12(14,15)16/h2-4H,17H2,1H3,(H,18,19). The quantitative estimate of drug-likeness (QED) is 0.819. The van der Waals surface area contributed by atoms with Crippen LogP contribution in [0.1, 0.15) is 15.2 Å². The average Bonchev–Trinajstić information content (AvgIpc) is 2.79. The molecule has 22 heavy (non-hydrogen) atoms. The Balaban J connectivity index is 2.30. The van der Waals surface area contributed by atoms with E-state index in [1.165, 1.54) is 13.2 Å². The van der Waals surface area contributed by atoms with Gasteiger partial charge in [-0.2, -0.15) is 13.2 Å². The third-order valence-corrected chi connectivity index (χ3v) is 3.84. The summed E-state index contributed by atoms with van der Waals surface area (Å²) in [4.78, 5) is 15.3. The summed E-state index contributed by atoms with van der Waals surface area (Å²) < 4.78 is 42.9. The summed E-state index contributed by atoms with van der Waals surface area (Å²) in [6.07, 6.45) is -4.58. The van der Waals surface area contributed by atoms with E-state index in [1.807, 2.05) is 0 Å². The number of benzene rings is 1. The number of esters is 1. The van der Waals surface area contributed by atoms with E-state index in [0.29, 0.717) is 0 Å². The Morgan fingerprint density at radius 2 is 2.14 bits per heavy atom. The van der Waals surface area contributed by atoms with Crippen molar-refractivity contribution in [1.29, 1.82) is 0 Å². The third kappa shape index (κ3) is 3.42. The lowest BCUT2D eigenvalue weighted by atomic mass is 10.2. The van der Waals surface area contributed by atoms with Gasteiger partial charge in [0.25, 0.3) is 0 Å². The predicted octanol–water partition coefficient (Wildman–Crippen LogP) is 3.93. The molecule has 0 aliphatic heterocycles. The summed E-state index contributed by atoms with van der Waals surface area (Å²) in [5.41, 5.74) is 4.69. The number of rotatable bonds is 3. The number of thiazole rings is 1. The fourth-order valence-corrected chi connectivity index (χ4v) is 2.62. The number of halogens is 4. The van der Waals surface area contributed by atoms with Crippen LogP contribution in [0, 0.1) is 0 Å². The Hall–Kier alpha value is -2.00. The van der Waals surface area contributed by atoms with Gasteiger partial charge >= 0.3 is 12.1 Å². The molecule has 0 atom stereocenters. The molecule has 0 saturated carbocycles. The zero-order valence-corrected chi connectivity index (χ0v) is 12.6. The van der Waals surface area contributed by atoms with Crippen molar-refractivity contribution in [2.75, 3.05) is 18.2 Å². The first-order chi connectivity index (χ1) is 10.2. The molecule has 0 fully saturated rings. The highest BCUT2D eigenvalue weighted by atomic mass is 35.5. The van der Waals surface area contributed by atoms with Gasteiger partial charge in [0.15, 0.2) is 15.8 Å². The van der Waals surface area contributed by atoms with Crippen molar-refractivity contribution in [1.82, 2.24) is 4.98 Å². The van der Waals surface area contributed by atoms with Gasteiger partial charge < -0.3 is 15.8 Å². The first kappa shape index (κ1) is 16.4. The number of hydrogen-bond acceptors (Lipinski definition) is 6. The van der Waals surface area contributed by atoms with Crippen LogP contribution in [0.15, 0.2) is 18.2 Å². The highest BCUT2D eigenvalue weighted by molar-refractivity contribution is 7.18. The summed E-state index contributed by atoms with van der Waals surface area (Å²) in [5.74, 6) is -0.737. The number of alkyl halides is 3. The molecular formula is C12H9ClF3N3O2S. The lowest BCUT2D eigenvalue weighted by Gasteiger charge is -2.11. The van der Waals surface area contributed by atoms with E-state index in [1.54, 1.807) is 0 Å². The van der Waals surface area contributed by atoms with Gasteiger partial charge in [0.1, 0.15) is 0 Å². The largest absolute Gasteiger partial charge is 0.465 e. The minimum absolute atomic E-state index is 0.0648. The van der Waals surface area contributed by atoms with Crippen molar-refractivity contribution in [3.8, 4) is 0 Å². The maximum absolute atomic E-state index is 12.8. The maximum atomic E-state index is 12.8. The van der Waals surface area contributed by atoms with Crippen molar-refractivity contribution in [3.63, 3.8) is 0 Å². The Labute approximate surface area is 131 Å². The van der Waals surface area contributed by atoms with E-state index in [9.17, 15) is 18.0 Å². The van der Waals surface area contributed by atoms with Gasteiger partial charge in [0.05, 0.1) is 17.7 Å². The summed E-state index contributed by atoms with van der Waals surface area (Å²) in [6.45, 7) is 0. The molecule has 2 rings (SSSR count). The zero-order chi connectivity index (χ0) is 16.5. The molecule has 0 bridgehead atoms. The number of anilines is 3. The van der Waals surface area contributed by atoms with Gasteiger partial charge in [-0.3, -0.25) is 0 Å². The van der Waals surface area contributed by atoms with E-state index < -0.39 is 22.7 Å². The number of methoxy groups -OCH3 is 1. The van der Waals surface area contributed by atoms with E-state index in [2.05, 4.69) is 15.0 Å². The molecule has 1 aromatic carbocycles. The molecular weight excluding hydrogens is 343 g/mol. The van der Waals surface area contributed by atoms with Gasteiger partial charge in [-0.25, -0.2) is 9.78 Å². The SMILES string of the molecule is COC(=O)c1sc(Nc2ccc(Cl)c(C(F)(F)F)c2)nc1N. The Bertz CT molecular complexity index is 718. The molecule has 5 nitrogen and oxygen atoms in total. The number of nitrogen functional groups attached to an aromatic ring is 1. The number of nitrogens with two attached hydrogens (primary N) is 1. The van der Waals surface area contributed by atoms with Gasteiger partial charge in [0, 0.05) is 5.69 Å². The van der Waals surface area contributed by atoms with E-state index in [-0.39, 0.29) is 21.5 Å². The number of carbonyl (C=O) groups is 1. The molecule has 0 unspecified atom stereocenters. The van der Waals surface area contributed by atoms with Gasteiger partial charge in [0.2, 0.25) is 0 Å². The number of ether oxygens (including phenoxy) is 1. The predicted molar refractivity (Wildman–Crippen MR) is 77.6 cm³/mol. The van der Waals surface area contributed by atoms with Crippen LogP contribution in [-0.2, 0) is 10.9 Å². The number of carbonyl (C=O) groups excluding carboxylic acids is 1. The van der Waals surface area contributed by atoms with Crippen molar-refractivity contribution >= 4 is 45.5 Å². The van der Waals surface area contributed by atoms with E-state index in [0.717, 1.165) is 23.5 Å². The maximum Gasteiger partial charge on any atom is 0.417 e. The molecule has 3 N–H and O–H groups in total. The summed E-state index contributed by atoms with van der Waals surface area (Å²) in [6, 6.07) is 3.32. The Morgan fingerprint density at radius 1 is 1.45 bits per heavy atom. The number of nitrogens with one attached hydrogen (secondary N) is 1. The lowest BCUT2D eigenvalue weighted by molar-refractivity contribution is -0.137. The molecule has 0 saturated heterocycles. The average molecular weight is 352 g/mol. The first-order valence-corrected chi connectivity index (χ1v) is 6.90. The molecule has 1 heterocycles. The molecule has 118 valence electrons. The molecule has 0 radical (unpaired) electrons. The second kappa shape index (κ2) is 6.01. The zero-order valence-electron chi connectivity index (χ0n) is 11.0. The Morgan fingerprint density at radius 3 is 2.73 bits per heavy atom. The molecule has 1 aromatic heterocycles. The molecule has 0 aliphatic rings. The van der Waals surface area contributed by atoms with Crippen LogP contribution in [0.4, 0.5) is 29.8 Å².